The van der Waals surface area contributed by atoms with Gasteiger partial charge in [0.05, 0.1) is 10.6 Å². The molecule has 158 valence electrons. The summed E-state index contributed by atoms with van der Waals surface area (Å²) in [4.78, 5) is 24.8. The Bertz CT molecular complexity index is 1080. The molecule has 0 spiro atoms. The van der Waals surface area contributed by atoms with Crippen molar-refractivity contribution in [3.8, 4) is 5.75 Å². The van der Waals surface area contributed by atoms with Crippen molar-refractivity contribution in [2.24, 2.45) is 5.73 Å². The molecule has 0 saturated carbocycles. The van der Waals surface area contributed by atoms with Gasteiger partial charge in [0.25, 0.3) is 15.9 Å². The number of carbonyl (C=O) groups is 2. The van der Waals surface area contributed by atoms with Gasteiger partial charge in [0, 0.05) is 30.8 Å². The topological polar surface area (TPSA) is 110 Å². The van der Waals surface area contributed by atoms with E-state index in [1.807, 2.05) is 0 Å². The van der Waals surface area contributed by atoms with E-state index in [-0.39, 0.29) is 17.4 Å². The highest BCUT2D eigenvalue weighted by atomic mass is 32.2. The van der Waals surface area contributed by atoms with Gasteiger partial charge in [-0.15, -0.1) is 0 Å². The first-order chi connectivity index (χ1) is 14.4. The molecule has 30 heavy (non-hydrogen) atoms. The fourth-order valence-corrected chi connectivity index (χ4v) is 5.47. The highest BCUT2D eigenvalue weighted by Crippen LogP contribution is 2.37. The monoisotopic (exact) mass is 429 g/mol. The lowest BCUT2D eigenvalue weighted by Crippen LogP contribution is -2.35. The standard InChI is InChI=1S/C21H23N3O5S/c22-20(25)14-29-19-6-1-5-18-17(19)4-2-13-24(18)30(27,28)16-10-8-15(9-11-16)23-12-3-7-21(23)26/h1,5-6,8-11H,2-4,7,12-14H2,(H2,22,25). The molecule has 0 aromatic heterocycles. The molecule has 0 aliphatic carbocycles. The Morgan fingerprint density at radius 2 is 1.77 bits per heavy atom. The molecular formula is C21H23N3O5S. The number of sulfonamides is 1. The lowest BCUT2D eigenvalue weighted by Gasteiger charge is -2.31. The number of ether oxygens (including phenoxy) is 1. The molecule has 0 radical (unpaired) electrons. The van der Waals surface area contributed by atoms with Crippen LogP contribution >= 0.6 is 0 Å². The van der Waals surface area contributed by atoms with E-state index in [9.17, 15) is 18.0 Å². The molecule has 2 aliphatic heterocycles. The van der Waals surface area contributed by atoms with Crippen molar-refractivity contribution < 1.29 is 22.7 Å². The Hall–Kier alpha value is -3.07. The number of nitrogens with zero attached hydrogens (tertiary/aromatic N) is 2. The number of benzene rings is 2. The second kappa shape index (κ2) is 7.98. The molecule has 0 atom stereocenters. The van der Waals surface area contributed by atoms with Crippen molar-refractivity contribution in [1.29, 1.82) is 0 Å². The van der Waals surface area contributed by atoms with Crippen LogP contribution in [0.25, 0.3) is 0 Å². The second-order valence-corrected chi connectivity index (χ2v) is 9.19. The van der Waals surface area contributed by atoms with Crippen LogP contribution in [-0.4, -0.2) is 39.9 Å². The minimum atomic E-state index is -3.79. The highest BCUT2D eigenvalue weighted by molar-refractivity contribution is 7.92. The largest absolute Gasteiger partial charge is 0.483 e. The molecule has 2 heterocycles. The summed E-state index contributed by atoms with van der Waals surface area (Å²) in [7, 11) is -3.79. The number of amides is 2. The first kappa shape index (κ1) is 20.2. The molecule has 9 heteroatoms. The SMILES string of the molecule is NC(=O)COc1cccc2c1CCCN2S(=O)(=O)c1ccc(N2CCCC2=O)cc1. The summed E-state index contributed by atoms with van der Waals surface area (Å²) >= 11 is 0. The quantitative estimate of drug-likeness (QED) is 0.753. The van der Waals surface area contributed by atoms with Crippen molar-refractivity contribution in [2.45, 2.75) is 30.6 Å². The maximum Gasteiger partial charge on any atom is 0.264 e. The van der Waals surface area contributed by atoms with Crippen LogP contribution in [-0.2, 0) is 26.0 Å². The van der Waals surface area contributed by atoms with E-state index in [0.29, 0.717) is 49.5 Å². The van der Waals surface area contributed by atoms with E-state index in [0.717, 1.165) is 12.0 Å². The van der Waals surface area contributed by atoms with Gasteiger partial charge < -0.3 is 15.4 Å². The number of anilines is 2. The van der Waals surface area contributed by atoms with Crippen LogP contribution in [0.3, 0.4) is 0 Å². The molecule has 0 bridgehead atoms. The van der Waals surface area contributed by atoms with Crippen molar-refractivity contribution in [3.05, 3.63) is 48.0 Å². The fourth-order valence-electron chi connectivity index (χ4n) is 3.94. The van der Waals surface area contributed by atoms with Gasteiger partial charge in [-0.1, -0.05) is 6.07 Å². The van der Waals surface area contributed by atoms with Gasteiger partial charge in [0.1, 0.15) is 5.75 Å². The predicted molar refractivity (Wildman–Crippen MR) is 112 cm³/mol. The molecule has 2 aliphatic rings. The molecule has 1 saturated heterocycles. The second-order valence-electron chi connectivity index (χ2n) is 7.33. The molecule has 0 unspecified atom stereocenters. The summed E-state index contributed by atoms with van der Waals surface area (Å²) < 4.78 is 33.6. The zero-order chi connectivity index (χ0) is 21.3. The van der Waals surface area contributed by atoms with Crippen molar-refractivity contribution in [2.75, 3.05) is 28.9 Å². The van der Waals surface area contributed by atoms with Gasteiger partial charge in [-0.3, -0.25) is 13.9 Å². The predicted octanol–water partition coefficient (Wildman–Crippen LogP) is 1.82. The van der Waals surface area contributed by atoms with Crippen molar-refractivity contribution in [3.63, 3.8) is 0 Å². The first-order valence-electron chi connectivity index (χ1n) is 9.84. The Morgan fingerprint density at radius 3 is 2.43 bits per heavy atom. The maximum atomic E-state index is 13.4. The number of fused-ring (bicyclic) bond motifs is 1. The van der Waals surface area contributed by atoms with Gasteiger partial charge in [0.15, 0.2) is 6.61 Å². The van der Waals surface area contributed by atoms with Crippen LogP contribution in [0.1, 0.15) is 24.8 Å². The summed E-state index contributed by atoms with van der Waals surface area (Å²) in [5, 5.41) is 0. The molecule has 2 aromatic carbocycles. The Kier molecular flexibility index (Phi) is 5.38. The Balaban J connectivity index is 1.63. The summed E-state index contributed by atoms with van der Waals surface area (Å²) in [5.41, 5.74) is 7.15. The number of hydrogen-bond donors (Lipinski definition) is 1. The van der Waals surface area contributed by atoms with Crippen LogP contribution in [0, 0.1) is 0 Å². The number of carbonyl (C=O) groups excluding carboxylic acids is 2. The third kappa shape index (κ3) is 3.72. The molecular weight excluding hydrogens is 406 g/mol. The number of hydrogen-bond acceptors (Lipinski definition) is 5. The van der Waals surface area contributed by atoms with Crippen LogP contribution in [0.4, 0.5) is 11.4 Å². The minimum absolute atomic E-state index is 0.0547. The molecule has 2 aromatic rings. The van der Waals surface area contributed by atoms with Gasteiger partial charge >= 0.3 is 0 Å². The van der Waals surface area contributed by atoms with Gasteiger partial charge in [0.2, 0.25) is 5.91 Å². The summed E-state index contributed by atoms with van der Waals surface area (Å²) in [6.45, 7) is 0.735. The van der Waals surface area contributed by atoms with Gasteiger partial charge in [-0.2, -0.15) is 0 Å². The van der Waals surface area contributed by atoms with Crippen molar-refractivity contribution in [1.82, 2.24) is 0 Å². The molecule has 1 fully saturated rings. The van der Waals surface area contributed by atoms with E-state index < -0.39 is 15.9 Å². The number of rotatable bonds is 6. The lowest BCUT2D eigenvalue weighted by molar-refractivity contribution is -0.120. The van der Waals surface area contributed by atoms with Crippen LogP contribution in [0.5, 0.6) is 5.75 Å². The molecule has 8 nitrogen and oxygen atoms in total. The minimum Gasteiger partial charge on any atom is -0.483 e. The van der Waals surface area contributed by atoms with Crippen molar-refractivity contribution >= 4 is 33.2 Å². The Morgan fingerprint density at radius 1 is 1.03 bits per heavy atom. The van der Waals surface area contributed by atoms with E-state index in [4.69, 9.17) is 10.5 Å². The third-order valence-corrected chi connectivity index (χ3v) is 7.17. The molecule has 2 amide bonds. The summed E-state index contributed by atoms with van der Waals surface area (Å²) in [6, 6.07) is 11.6. The Labute approximate surface area is 175 Å². The number of nitrogens with two attached hydrogens (primary N) is 1. The first-order valence-corrected chi connectivity index (χ1v) is 11.3. The van der Waals surface area contributed by atoms with Crippen LogP contribution < -0.4 is 19.7 Å². The molecule has 2 N–H and O–H groups in total. The third-order valence-electron chi connectivity index (χ3n) is 5.34. The summed E-state index contributed by atoms with van der Waals surface area (Å²) in [5.74, 6) is -0.0717. The van der Waals surface area contributed by atoms with E-state index in [1.54, 1.807) is 35.2 Å². The van der Waals surface area contributed by atoms with Gasteiger partial charge in [-0.05, 0) is 55.7 Å². The van der Waals surface area contributed by atoms with E-state index in [2.05, 4.69) is 0 Å². The lowest BCUT2D eigenvalue weighted by atomic mass is 10.0. The fraction of sp³-hybridized carbons (Fsp3) is 0.333. The summed E-state index contributed by atoms with van der Waals surface area (Å²) in [6.07, 6.45) is 2.60. The average Bonchev–Trinajstić information content (AvgIpc) is 3.17. The number of primary amides is 1. The van der Waals surface area contributed by atoms with Gasteiger partial charge in [-0.25, -0.2) is 8.42 Å². The highest BCUT2D eigenvalue weighted by Gasteiger charge is 2.31. The zero-order valence-corrected chi connectivity index (χ0v) is 17.2. The smallest absolute Gasteiger partial charge is 0.264 e. The van der Waals surface area contributed by atoms with Crippen LogP contribution in [0.15, 0.2) is 47.4 Å². The normalized spacial score (nSPS) is 16.5. The molecule has 4 rings (SSSR count). The maximum absolute atomic E-state index is 13.4. The zero-order valence-electron chi connectivity index (χ0n) is 16.4. The average molecular weight is 429 g/mol. The van der Waals surface area contributed by atoms with E-state index >= 15 is 0 Å². The van der Waals surface area contributed by atoms with E-state index in [1.165, 1.54) is 16.4 Å². The van der Waals surface area contributed by atoms with Crippen LogP contribution in [0.2, 0.25) is 0 Å².